The molecule has 180 valence electrons. The van der Waals surface area contributed by atoms with Crippen LogP contribution in [0.3, 0.4) is 0 Å². The molecular formula is C23H33N5O4S. The van der Waals surface area contributed by atoms with Gasteiger partial charge in [-0.2, -0.15) is 0 Å². The lowest BCUT2D eigenvalue weighted by atomic mass is 10.2. The number of methoxy groups -OCH3 is 2. The van der Waals surface area contributed by atoms with Crippen molar-refractivity contribution in [2.45, 2.75) is 13.3 Å². The number of benzene rings is 1. The van der Waals surface area contributed by atoms with Gasteiger partial charge in [-0.05, 0) is 18.7 Å². The lowest BCUT2D eigenvalue weighted by molar-refractivity contribution is -0.133. The predicted octanol–water partition coefficient (Wildman–Crippen LogP) is 2.54. The highest BCUT2D eigenvalue weighted by Gasteiger charge is 2.23. The molecule has 0 saturated carbocycles. The fourth-order valence-corrected chi connectivity index (χ4v) is 4.37. The molecule has 1 aliphatic rings. The molecule has 0 unspecified atom stereocenters. The Morgan fingerprint density at radius 1 is 1.15 bits per heavy atom. The molecule has 0 aliphatic carbocycles. The average Bonchev–Trinajstić information content (AvgIpc) is 3.32. The van der Waals surface area contributed by atoms with Gasteiger partial charge in [-0.3, -0.25) is 9.59 Å². The Balaban J connectivity index is 1.60. The molecule has 33 heavy (non-hydrogen) atoms. The highest BCUT2D eigenvalue weighted by Crippen LogP contribution is 2.28. The molecule has 2 aromatic rings. The van der Waals surface area contributed by atoms with E-state index in [0.717, 1.165) is 38.4 Å². The Morgan fingerprint density at radius 2 is 1.91 bits per heavy atom. The van der Waals surface area contributed by atoms with Gasteiger partial charge in [0.1, 0.15) is 11.4 Å². The molecule has 1 fully saturated rings. The summed E-state index contributed by atoms with van der Waals surface area (Å²) in [5, 5.41) is 5.53. The first-order valence-electron chi connectivity index (χ1n) is 11.2. The van der Waals surface area contributed by atoms with Gasteiger partial charge >= 0.3 is 0 Å². The van der Waals surface area contributed by atoms with Gasteiger partial charge in [0.15, 0.2) is 5.13 Å². The number of amides is 2. The minimum absolute atomic E-state index is 0.0813. The second-order valence-electron chi connectivity index (χ2n) is 7.71. The van der Waals surface area contributed by atoms with Crippen LogP contribution in [0.2, 0.25) is 0 Å². The number of likely N-dealkylation sites (N-methyl/N-ethyl adjacent to an activating group) is 1. The van der Waals surface area contributed by atoms with E-state index < -0.39 is 0 Å². The van der Waals surface area contributed by atoms with E-state index in [4.69, 9.17) is 9.47 Å². The summed E-state index contributed by atoms with van der Waals surface area (Å²) in [6, 6.07) is 7.53. The van der Waals surface area contributed by atoms with Gasteiger partial charge in [-0.1, -0.05) is 19.1 Å². The van der Waals surface area contributed by atoms with E-state index in [0.29, 0.717) is 36.3 Å². The molecule has 0 bridgehead atoms. The zero-order valence-corrected chi connectivity index (χ0v) is 20.4. The maximum atomic E-state index is 13.1. The summed E-state index contributed by atoms with van der Waals surface area (Å²) >= 11 is 1.35. The summed E-state index contributed by atoms with van der Waals surface area (Å²) in [5.74, 6) is 0.568. The number of rotatable bonds is 11. The Bertz CT molecular complexity index is 914. The van der Waals surface area contributed by atoms with Crippen molar-refractivity contribution >= 4 is 34.0 Å². The molecule has 10 heteroatoms. The van der Waals surface area contributed by atoms with E-state index in [1.54, 1.807) is 24.5 Å². The third kappa shape index (κ3) is 6.89. The first-order valence-corrected chi connectivity index (χ1v) is 12.1. The van der Waals surface area contributed by atoms with E-state index in [9.17, 15) is 9.59 Å². The molecule has 1 aromatic carbocycles. The molecule has 1 aliphatic heterocycles. The molecule has 3 rings (SSSR count). The van der Waals surface area contributed by atoms with Crippen molar-refractivity contribution in [3.8, 4) is 5.75 Å². The van der Waals surface area contributed by atoms with Crippen molar-refractivity contribution in [2.75, 3.05) is 72.0 Å². The van der Waals surface area contributed by atoms with Gasteiger partial charge in [0.2, 0.25) is 5.91 Å². The number of piperazine rings is 1. The average molecular weight is 476 g/mol. The van der Waals surface area contributed by atoms with Gasteiger partial charge in [0, 0.05) is 58.2 Å². The number of nitrogens with zero attached hydrogens (tertiary/aromatic N) is 4. The third-order valence-corrected chi connectivity index (χ3v) is 6.45. The Kier molecular flexibility index (Phi) is 9.47. The van der Waals surface area contributed by atoms with Crippen LogP contribution in [0, 0.1) is 0 Å². The number of nitrogens with one attached hydrogen (secondary N) is 1. The molecule has 0 atom stereocenters. The minimum atomic E-state index is -0.208. The van der Waals surface area contributed by atoms with E-state index in [1.807, 2.05) is 29.2 Å². The first kappa shape index (κ1) is 24.9. The molecule has 0 spiro atoms. The van der Waals surface area contributed by atoms with Crippen LogP contribution in [0.15, 0.2) is 29.6 Å². The standard InChI is InChI=1S/C23H33N5O4S/c1-4-26-11-13-27(14-12-26)21(29)9-10-28(15-16-31-2)22(30)19-17-33-23(25-19)24-18-7-5-6-8-20(18)32-3/h5-8,17H,4,9-16H2,1-3H3,(H,24,25). The van der Waals surface area contributed by atoms with Crippen molar-refractivity contribution < 1.29 is 19.1 Å². The van der Waals surface area contributed by atoms with Crippen LogP contribution in [0.1, 0.15) is 23.8 Å². The van der Waals surface area contributed by atoms with Gasteiger partial charge in [-0.15, -0.1) is 11.3 Å². The molecule has 2 heterocycles. The highest BCUT2D eigenvalue weighted by molar-refractivity contribution is 7.14. The molecule has 1 saturated heterocycles. The van der Waals surface area contributed by atoms with Crippen molar-refractivity contribution in [2.24, 2.45) is 0 Å². The third-order valence-electron chi connectivity index (χ3n) is 5.69. The first-order chi connectivity index (χ1) is 16.0. The summed E-state index contributed by atoms with van der Waals surface area (Å²) in [6.45, 7) is 7.54. The fraction of sp³-hybridized carbons (Fsp3) is 0.522. The zero-order valence-electron chi connectivity index (χ0n) is 19.6. The van der Waals surface area contributed by atoms with Gasteiger partial charge in [0.05, 0.1) is 19.4 Å². The second-order valence-corrected chi connectivity index (χ2v) is 8.57. The highest BCUT2D eigenvalue weighted by atomic mass is 32.1. The molecule has 1 N–H and O–H groups in total. The Labute approximate surface area is 199 Å². The van der Waals surface area contributed by atoms with Crippen LogP contribution in [-0.2, 0) is 9.53 Å². The van der Waals surface area contributed by atoms with Crippen LogP contribution in [0.25, 0.3) is 0 Å². The predicted molar refractivity (Wildman–Crippen MR) is 129 cm³/mol. The van der Waals surface area contributed by atoms with Gasteiger partial charge < -0.3 is 29.5 Å². The number of thiazole rings is 1. The number of anilines is 2. The number of para-hydroxylation sites is 2. The van der Waals surface area contributed by atoms with E-state index in [2.05, 4.69) is 22.1 Å². The maximum absolute atomic E-state index is 13.1. The quantitative estimate of drug-likeness (QED) is 0.534. The number of aromatic nitrogens is 1. The van der Waals surface area contributed by atoms with E-state index in [1.165, 1.54) is 11.3 Å². The molecule has 2 amide bonds. The lowest BCUT2D eigenvalue weighted by Crippen LogP contribution is -2.49. The van der Waals surface area contributed by atoms with Gasteiger partial charge in [-0.25, -0.2) is 4.98 Å². The maximum Gasteiger partial charge on any atom is 0.273 e. The normalized spacial score (nSPS) is 14.2. The topological polar surface area (TPSA) is 87.2 Å². The Morgan fingerprint density at radius 3 is 2.61 bits per heavy atom. The van der Waals surface area contributed by atoms with Crippen LogP contribution in [-0.4, -0.2) is 98.1 Å². The summed E-state index contributed by atoms with van der Waals surface area (Å²) in [4.78, 5) is 36.2. The van der Waals surface area contributed by atoms with E-state index >= 15 is 0 Å². The smallest absolute Gasteiger partial charge is 0.273 e. The molecule has 1 aromatic heterocycles. The monoisotopic (exact) mass is 475 g/mol. The Hall–Kier alpha value is -2.69. The van der Waals surface area contributed by atoms with E-state index in [-0.39, 0.29) is 18.2 Å². The van der Waals surface area contributed by atoms with Gasteiger partial charge in [0.25, 0.3) is 5.91 Å². The summed E-state index contributed by atoms with van der Waals surface area (Å²) in [7, 11) is 3.20. The zero-order chi connectivity index (χ0) is 23.6. The van der Waals surface area contributed by atoms with Crippen LogP contribution < -0.4 is 10.1 Å². The number of carbonyl (C=O) groups is 2. The molecular weight excluding hydrogens is 442 g/mol. The lowest BCUT2D eigenvalue weighted by Gasteiger charge is -2.34. The van der Waals surface area contributed by atoms with Crippen molar-refractivity contribution in [3.63, 3.8) is 0 Å². The summed E-state index contributed by atoms with van der Waals surface area (Å²) in [5.41, 5.74) is 1.12. The molecule has 9 nitrogen and oxygen atoms in total. The SMILES string of the molecule is CCN1CCN(C(=O)CCN(CCOC)C(=O)c2csc(Nc3ccccc3OC)n2)CC1. The number of carbonyl (C=O) groups excluding carboxylic acids is 2. The van der Waals surface area contributed by atoms with Crippen molar-refractivity contribution in [1.82, 2.24) is 19.7 Å². The van der Waals surface area contributed by atoms with Crippen molar-refractivity contribution in [1.29, 1.82) is 0 Å². The van der Waals surface area contributed by atoms with Crippen LogP contribution in [0.5, 0.6) is 5.75 Å². The summed E-state index contributed by atoms with van der Waals surface area (Å²) < 4.78 is 10.5. The van der Waals surface area contributed by atoms with Crippen LogP contribution >= 0.6 is 11.3 Å². The van der Waals surface area contributed by atoms with Crippen molar-refractivity contribution in [3.05, 3.63) is 35.3 Å². The summed E-state index contributed by atoms with van der Waals surface area (Å²) in [6.07, 6.45) is 0.290. The minimum Gasteiger partial charge on any atom is -0.495 e. The number of hydrogen-bond acceptors (Lipinski definition) is 8. The second kappa shape index (κ2) is 12.5. The number of ether oxygens (including phenoxy) is 2. The van der Waals surface area contributed by atoms with Crippen LogP contribution in [0.4, 0.5) is 10.8 Å². The largest absolute Gasteiger partial charge is 0.495 e. The molecule has 0 radical (unpaired) electrons. The number of hydrogen-bond donors (Lipinski definition) is 1. The fourth-order valence-electron chi connectivity index (χ4n) is 3.67.